The Morgan fingerprint density at radius 1 is 1.24 bits per heavy atom. The van der Waals surface area contributed by atoms with Gasteiger partial charge >= 0.3 is 5.92 Å². The first-order chi connectivity index (χ1) is 20.0. The van der Waals surface area contributed by atoms with Crippen LogP contribution in [0.15, 0.2) is 18.3 Å². The smallest absolute Gasteiger partial charge is 0.327 e. The van der Waals surface area contributed by atoms with E-state index in [9.17, 15) is 33.2 Å². The lowest BCUT2D eigenvalue weighted by atomic mass is 9.97. The van der Waals surface area contributed by atoms with Crippen molar-refractivity contribution in [2.45, 2.75) is 87.4 Å². The molecule has 6 rings (SSSR count). The molecular formula is C29H34F2N6O5. The normalized spacial score (nSPS) is 26.4. The number of nitriles is 1. The van der Waals surface area contributed by atoms with E-state index < -0.39 is 59.2 Å². The van der Waals surface area contributed by atoms with Crippen molar-refractivity contribution in [1.82, 2.24) is 20.1 Å². The van der Waals surface area contributed by atoms with Crippen LogP contribution >= 0.6 is 0 Å². The number of likely N-dealkylation sites (N-methyl/N-ethyl adjacent to an activating group) is 1. The second-order valence-corrected chi connectivity index (χ2v) is 12.5. The van der Waals surface area contributed by atoms with Crippen molar-refractivity contribution in [2.75, 3.05) is 18.9 Å². The molecule has 2 aliphatic heterocycles. The third kappa shape index (κ3) is 5.39. The largest absolute Gasteiger partial charge is 0.457 e. The minimum absolute atomic E-state index is 0.0818. The fourth-order valence-corrected chi connectivity index (χ4v) is 5.97. The van der Waals surface area contributed by atoms with Gasteiger partial charge in [0.1, 0.15) is 23.8 Å². The SMILES string of the molecule is CN(C(=O)C(CC1CC1)NC(=O)C(F)(F)C1CC1)C(CC1CC1)C(=O)N1CC2(CC1C#N)Oc1ncccc1NC2=O. The fraction of sp³-hybridized carbons (Fsp3) is 0.655. The monoisotopic (exact) mass is 584 g/mol. The molecule has 3 heterocycles. The number of carbonyl (C=O) groups is 4. The van der Waals surface area contributed by atoms with Crippen LogP contribution in [0.25, 0.3) is 0 Å². The van der Waals surface area contributed by atoms with Gasteiger partial charge in [0.05, 0.1) is 12.6 Å². The highest BCUT2D eigenvalue weighted by molar-refractivity contribution is 6.02. The number of halogens is 2. The van der Waals surface area contributed by atoms with E-state index in [1.165, 1.54) is 23.0 Å². The second-order valence-electron chi connectivity index (χ2n) is 12.5. The van der Waals surface area contributed by atoms with E-state index in [-0.39, 0.29) is 49.9 Å². The zero-order valence-electron chi connectivity index (χ0n) is 23.4. The molecule has 2 N–H and O–H groups in total. The van der Waals surface area contributed by atoms with E-state index in [0.29, 0.717) is 12.1 Å². The van der Waals surface area contributed by atoms with Crippen molar-refractivity contribution in [2.24, 2.45) is 17.8 Å². The van der Waals surface area contributed by atoms with Crippen LogP contribution in [0.3, 0.4) is 0 Å². The summed E-state index contributed by atoms with van der Waals surface area (Å²) >= 11 is 0. The van der Waals surface area contributed by atoms with E-state index in [2.05, 4.69) is 21.7 Å². The lowest BCUT2D eigenvalue weighted by molar-refractivity contribution is -0.153. The molecule has 1 aromatic heterocycles. The number of carbonyl (C=O) groups excluding carboxylic acids is 4. The Hall–Kier alpha value is -3.82. The minimum atomic E-state index is -3.55. The summed E-state index contributed by atoms with van der Waals surface area (Å²) in [4.78, 5) is 60.3. The molecule has 0 bridgehead atoms. The molecule has 4 amide bonds. The van der Waals surface area contributed by atoms with Gasteiger partial charge in [-0.3, -0.25) is 19.2 Å². The molecule has 13 heteroatoms. The van der Waals surface area contributed by atoms with E-state index >= 15 is 0 Å². The summed E-state index contributed by atoms with van der Waals surface area (Å²) < 4.78 is 35.1. The molecule has 3 saturated carbocycles. The quantitative estimate of drug-likeness (QED) is 0.429. The highest BCUT2D eigenvalue weighted by Crippen LogP contribution is 2.44. The maximum absolute atomic E-state index is 14.6. The number of aromatic nitrogens is 1. The molecule has 224 valence electrons. The maximum atomic E-state index is 14.6. The summed E-state index contributed by atoms with van der Waals surface area (Å²) in [5.41, 5.74) is -1.14. The predicted octanol–water partition coefficient (Wildman–Crippen LogP) is 2.23. The number of fused-ring (bicyclic) bond motifs is 1. The molecule has 1 spiro atoms. The van der Waals surface area contributed by atoms with Crippen LogP contribution in [0, 0.1) is 29.1 Å². The van der Waals surface area contributed by atoms with Crippen LogP contribution in [-0.4, -0.2) is 81.7 Å². The minimum Gasteiger partial charge on any atom is -0.457 e. The number of pyridine rings is 1. The van der Waals surface area contributed by atoms with Gasteiger partial charge in [-0.1, -0.05) is 25.7 Å². The number of nitrogens with one attached hydrogen (secondary N) is 2. The lowest BCUT2D eigenvalue weighted by Gasteiger charge is -2.35. The van der Waals surface area contributed by atoms with E-state index in [0.717, 1.165) is 25.7 Å². The van der Waals surface area contributed by atoms with Gasteiger partial charge in [-0.15, -0.1) is 0 Å². The first kappa shape index (κ1) is 28.3. The fourth-order valence-electron chi connectivity index (χ4n) is 5.97. The van der Waals surface area contributed by atoms with Crippen LogP contribution in [-0.2, 0) is 19.2 Å². The van der Waals surface area contributed by atoms with Crippen LogP contribution < -0.4 is 15.4 Å². The number of amides is 4. The summed E-state index contributed by atoms with van der Waals surface area (Å²) in [7, 11) is 1.44. The average Bonchev–Trinajstić information content (AvgIpc) is 3.82. The highest BCUT2D eigenvalue weighted by atomic mass is 19.3. The molecule has 5 aliphatic rings. The Bertz CT molecular complexity index is 1340. The summed E-state index contributed by atoms with van der Waals surface area (Å²) in [6, 6.07) is 2.18. The molecule has 0 radical (unpaired) electrons. The van der Waals surface area contributed by atoms with Crippen LogP contribution in [0.2, 0.25) is 0 Å². The summed E-state index contributed by atoms with van der Waals surface area (Å²) in [5, 5.41) is 15.0. The van der Waals surface area contributed by atoms with E-state index in [4.69, 9.17) is 4.74 Å². The Morgan fingerprint density at radius 3 is 2.57 bits per heavy atom. The van der Waals surface area contributed by atoms with Gasteiger partial charge in [0.25, 0.3) is 11.8 Å². The Balaban J connectivity index is 1.22. The zero-order valence-corrected chi connectivity index (χ0v) is 23.4. The highest BCUT2D eigenvalue weighted by Gasteiger charge is 2.57. The van der Waals surface area contributed by atoms with Crippen molar-refractivity contribution in [3.8, 4) is 11.9 Å². The van der Waals surface area contributed by atoms with Gasteiger partial charge in [0.15, 0.2) is 0 Å². The van der Waals surface area contributed by atoms with Crippen LogP contribution in [0.5, 0.6) is 5.88 Å². The van der Waals surface area contributed by atoms with Gasteiger partial charge in [-0.25, -0.2) is 4.98 Å². The number of ether oxygens (including phenoxy) is 1. The van der Waals surface area contributed by atoms with Crippen molar-refractivity contribution in [3.05, 3.63) is 18.3 Å². The zero-order chi connectivity index (χ0) is 29.8. The standard InChI is InChI=1S/C29H34F2N6O5/c1-36(24(38)21(11-16-4-5-16)35-27(41)29(30,31)18-8-9-18)22(12-17-6-7-17)25(39)37-15-28(13-19(37)14-32)26(40)34-20-3-2-10-33-23(20)42-28/h2-3,10,16-19,21-22H,4-9,11-13,15H2,1H3,(H,34,40)(H,35,41). The predicted molar refractivity (Wildman–Crippen MR) is 143 cm³/mol. The lowest BCUT2D eigenvalue weighted by Crippen LogP contribution is -2.58. The Labute approximate surface area is 241 Å². The van der Waals surface area contributed by atoms with Gasteiger partial charge in [0.2, 0.25) is 23.3 Å². The molecule has 0 aromatic carbocycles. The molecule has 3 aliphatic carbocycles. The van der Waals surface area contributed by atoms with Gasteiger partial charge in [-0.2, -0.15) is 14.0 Å². The molecule has 11 nitrogen and oxygen atoms in total. The first-order valence-electron chi connectivity index (χ1n) is 14.6. The molecule has 1 saturated heterocycles. The first-order valence-corrected chi connectivity index (χ1v) is 14.6. The molecule has 4 unspecified atom stereocenters. The Kier molecular flexibility index (Phi) is 7.06. The summed E-state index contributed by atoms with van der Waals surface area (Å²) in [5.74, 6) is -7.14. The number of hydrogen-bond donors (Lipinski definition) is 2. The van der Waals surface area contributed by atoms with Gasteiger partial charge in [0, 0.05) is 25.6 Å². The van der Waals surface area contributed by atoms with Crippen molar-refractivity contribution < 1.29 is 32.7 Å². The third-order valence-corrected chi connectivity index (χ3v) is 9.10. The number of rotatable bonds is 10. The molecule has 1 aromatic rings. The molecular weight excluding hydrogens is 550 g/mol. The van der Waals surface area contributed by atoms with E-state index in [1.54, 1.807) is 12.1 Å². The number of nitrogens with zero attached hydrogens (tertiary/aromatic N) is 4. The molecule has 42 heavy (non-hydrogen) atoms. The van der Waals surface area contributed by atoms with Crippen LogP contribution in [0.4, 0.5) is 14.5 Å². The van der Waals surface area contributed by atoms with Gasteiger partial charge in [-0.05, 0) is 49.7 Å². The average molecular weight is 585 g/mol. The number of likely N-dealkylation sites (tertiary alicyclic amines) is 1. The summed E-state index contributed by atoms with van der Waals surface area (Å²) in [6.07, 6.45) is 5.92. The summed E-state index contributed by atoms with van der Waals surface area (Å²) in [6.45, 7) is -0.217. The number of alkyl halides is 2. The number of anilines is 1. The van der Waals surface area contributed by atoms with Gasteiger partial charge < -0.3 is 25.2 Å². The van der Waals surface area contributed by atoms with Crippen molar-refractivity contribution >= 4 is 29.3 Å². The topological polar surface area (TPSA) is 145 Å². The maximum Gasteiger partial charge on any atom is 0.327 e. The van der Waals surface area contributed by atoms with Crippen molar-refractivity contribution in [3.63, 3.8) is 0 Å². The Morgan fingerprint density at radius 2 is 1.93 bits per heavy atom. The second kappa shape index (κ2) is 10.5. The van der Waals surface area contributed by atoms with Crippen molar-refractivity contribution in [1.29, 1.82) is 5.26 Å². The molecule has 4 atom stereocenters. The van der Waals surface area contributed by atoms with E-state index in [1.807, 2.05) is 0 Å². The third-order valence-electron chi connectivity index (χ3n) is 9.10. The number of hydrogen-bond acceptors (Lipinski definition) is 7. The van der Waals surface area contributed by atoms with Crippen LogP contribution in [0.1, 0.15) is 57.8 Å². The molecule has 4 fully saturated rings.